The Kier molecular flexibility index (Phi) is 3.77. The van der Waals surface area contributed by atoms with Crippen molar-refractivity contribution >= 4 is 0 Å². The van der Waals surface area contributed by atoms with Crippen LogP contribution in [0.2, 0.25) is 0 Å². The van der Waals surface area contributed by atoms with Gasteiger partial charge in [-0.1, -0.05) is 30.3 Å². The van der Waals surface area contributed by atoms with E-state index in [9.17, 15) is 0 Å². The summed E-state index contributed by atoms with van der Waals surface area (Å²) < 4.78 is 0. The summed E-state index contributed by atoms with van der Waals surface area (Å²) in [5.74, 6) is 0. The van der Waals surface area contributed by atoms with Gasteiger partial charge >= 0.3 is 0 Å². The molecule has 0 heterocycles. The van der Waals surface area contributed by atoms with E-state index in [0.717, 1.165) is 19.1 Å². The van der Waals surface area contributed by atoms with E-state index in [0.29, 0.717) is 0 Å². The number of nitrogens with two attached hydrogens (primary N) is 1. The number of rotatable bonds is 4. The van der Waals surface area contributed by atoms with Crippen LogP contribution in [0.4, 0.5) is 0 Å². The summed E-state index contributed by atoms with van der Waals surface area (Å²) in [5, 5.41) is 3.09. The van der Waals surface area contributed by atoms with Crippen LogP contribution in [0.5, 0.6) is 0 Å². The summed E-state index contributed by atoms with van der Waals surface area (Å²) in [5.41, 5.74) is 6.80. The maximum absolute atomic E-state index is 5.46. The van der Waals surface area contributed by atoms with Gasteiger partial charge in [0.1, 0.15) is 0 Å². The molecule has 65 valence electrons. The van der Waals surface area contributed by atoms with Crippen LogP contribution in [0.25, 0.3) is 0 Å². The van der Waals surface area contributed by atoms with Gasteiger partial charge in [0.15, 0.2) is 0 Å². The Morgan fingerprint density at radius 3 is 2.58 bits per heavy atom. The molecule has 1 aromatic rings. The van der Waals surface area contributed by atoms with Gasteiger partial charge in [0.25, 0.3) is 0 Å². The van der Waals surface area contributed by atoms with Crippen molar-refractivity contribution in [1.29, 1.82) is 0 Å². The Morgan fingerprint density at radius 2 is 2.00 bits per heavy atom. The van der Waals surface area contributed by atoms with Gasteiger partial charge in [0, 0.05) is 6.54 Å². The number of hydrogen-bond donors (Lipinski definition) is 2. The highest BCUT2D eigenvalue weighted by molar-refractivity contribution is 5.14. The molecule has 1 aromatic carbocycles. The van der Waals surface area contributed by atoms with Crippen molar-refractivity contribution in [3.8, 4) is 0 Å². The Morgan fingerprint density at radius 1 is 1.33 bits per heavy atom. The van der Waals surface area contributed by atoms with Crippen molar-refractivity contribution in [2.24, 2.45) is 5.73 Å². The van der Waals surface area contributed by atoms with Crippen LogP contribution in [0, 0.1) is 6.17 Å². The molecule has 0 aromatic heterocycles. The van der Waals surface area contributed by atoms with Crippen LogP contribution in [0.1, 0.15) is 12.5 Å². The summed E-state index contributed by atoms with van der Waals surface area (Å²) >= 11 is 0. The first-order chi connectivity index (χ1) is 5.79. The highest BCUT2D eigenvalue weighted by Crippen LogP contribution is 1.98. The van der Waals surface area contributed by atoms with Crippen LogP contribution in [-0.4, -0.2) is 6.54 Å². The smallest absolute Gasteiger partial charge is 0.0951 e. The van der Waals surface area contributed by atoms with Gasteiger partial charge in [0.2, 0.25) is 0 Å². The highest BCUT2D eigenvalue weighted by atomic mass is 15.0. The Labute approximate surface area is 73.8 Å². The fourth-order valence-corrected chi connectivity index (χ4v) is 1.05. The second-order valence-electron chi connectivity index (χ2n) is 2.85. The molecular formula is C10H15N2. The van der Waals surface area contributed by atoms with Crippen molar-refractivity contribution in [2.45, 2.75) is 13.3 Å². The van der Waals surface area contributed by atoms with E-state index in [2.05, 4.69) is 17.4 Å². The first-order valence-electron chi connectivity index (χ1n) is 4.16. The Balaban J connectivity index is 2.25. The van der Waals surface area contributed by atoms with E-state index in [1.165, 1.54) is 5.56 Å². The summed E-state index contributed by atoms with van der Waals surface area (Å²) in [6.45, 7) is 2.78. The number of nitrogens with one attached hydrogen (secondary N) is 1. The van der Waals surface area contributed by atoms with Crippen LogP contribution in [0.15, 0.2) is 30.3 Å². The van der Waals surface area contributed by atoms with E-state index in [1.54, 1.807) is 0 Å². The van der Waals surface area contributed by atoms with Gasteiger partial charge in [0.05, 0.1) is 6.17 Å². The molecule has 1 radical (unpaired) electrons. The Hall–Kier alpha value is -0.860. The molecular weight excluding hydrogens is 148 g/mol. The molecule has 2 heteroatoms. The van der Waals surface area contributed by atoms with Gasteiger partial charge in [-0.3, -0.25) is 5.32 Å². The van der Waals surface area contributed by atoms with Crippen molar-refractivity contribution in [2.75, 3.05) is 6.54 Å². The lowest BCUT2D eigenvalue weighted by Crippen LogP contribution is -2.27. The van der Waals surface area contributed by atoms with Gasteiger partial charge < -0.3 is 5.73 Å². The zero-order valence-electron chi connectivity index (χ0n) is 7.38. The molecule has 0 saturated carbocycles. The molecule has 12 heavy (non-hydrogen) atoms. The third-order valence-electron chi connectivity index (χ3n) is 1.66. The predicted octanol–water partition coefficient (Wildman–Crippen LogP) is 1.29. The maximum Gasteiger partial charge on any atom is 0.0951 e. The average Bonchev–Trinajstić information content (AvgIpc) is 2.05. The molecule has 0 saturated heterocycles. The number of benzene rings is 1. The molecule has 0 atom stereocenters. The van der Waals surface area contributed by atoms with Crippen LogP contribution >= 0.6 is 0 Å². The SMILES string of the molecule is C[C](N)NCCc1ccccc1. The van der Waals surface area contributed by atoms with Gasteiger partial charge in [-0.05, 0) is 18.9 Å². The molecule has 2 nitrogen and oxygen atoms in total. The second kappa shape index (κ2) is 4.91. The third-order valence-corrected chi connectivity index (χ3v) is 1.66. The lowest BCUT2D eigenvalue weighted by Gasteiger charge is -2.06. The first-order valence-corrected chi connectivity index (χ1v) is 4.16. The van der Waals surface area contributed by atoms with Crippen molar-refractivity contribution in [1.82, 2.24) is 5.32 Å². The number of hydrogen-bond acceptors (Lipinski definition) is 2. The fraction of sp³-hybridized carbons (Fsp3) is 0.300. The quantitative estimate of drug-likeness (QED) is 0.702. The lowest BCUT2D eigenvalue weighted by molar-refractivity contribution is 0.690. The third kappa shape index (κ3) is 3.51. The molecule has 0 aliphatic carbocycles. The van der Waals surface area contributed by atoms with Gasteiger partial charge in [-0.15, -0.1) is 0 Å². The minimum absolute atomic E-state index is 0.783. The molecule has 1 rings (SSSR count). The van der Waals surface area contributed by atoms with E-state index >= 15 is 0 Å². The normalized spacial score (nSPS) is 10.6. The minimum Gasteiger partial charge on any atom is -0.311 e. The van der Waals surface area contributed by atoms with E-state index < -0.39 is 0 Å². The molecule has 3 N–H and O–H groups in total. The van der Waals surface area contributed by atoms with Gasteiger partial charge in [-0.25, -0.2) is 0 Å². The first kappa shape index (κ1) is 9.23. The van der Waals surface area contributed by atoms with Crippen LogP contribution in [0.3, 0.4) is 0 Å². The van der Waals surface area contributed by atoms with E-state index in [1.807, 2.05) is 25.1 Å². The minimum atomic E-state index is 0.783. The molecule has 0 spiro atoms. The predicted molar refractivity (Wildman–Crippen MR) is 51.3 cm³/mol. The average molecular weight is 163 g/mol. The fourth-order valence-electron chi connectivity index (χ4n) is 1.05. The molecule has 0 amide bonds. The standard InChI is InChI=1S/C10H15N2/c1-9(11)12-8-7-10-5-3-2-4-6-10/h2-6,12H,7-8,11H2,1H3. The van der Waals surface area contributed by atoms with Crippen molar-refractivity contribution < 1.29 is 0 Å². The zero-order chi connectivity index (χ0) is 8.81. The summed E-state index contributed by atoms with van der Waals surface area (Å²) in [4.78, 5) is 0. The van der Waals surface area contributed by atoms with E-state index in [4.69, 9.17) is 5.73 Å². The summed E-state index contributed by atoms with van der Waals surface area (Å²) in [6, 6.07) is 10.4. The van der Waals surface area contributed by atoms with Crippen LogP contribution in [-0.2, 0) is 6.42 Å². The summed E-state index contributed by atoms with van der Waals surface area (Å²) in [7, 11) is 0. The Bertz CT molecular complexity index is 206. The van der Waals surface area contributed by atoms with Crippen molar-refractivity contribution in [3.63, 3.8) is 0 Å². The molecule has 0 unspecified atom stereocenters. The second-order valence-corrected chi connectivity index (χ2v) is 2.85. The maximum atomic E-state index is 5.46. The molecule has 0 bridgehead atoms. The topological polar surface area (TPSA) is 38.0 Å². The summed E-state index contributed by atoms with van der Waals surface area (Å²) in [6.07, 6.45) is 1.81. The molecule has 0 aliphatic rings. The lowest BCUT2D eigenvalue weighted by atomic mass is 10.1. The monoisotopic (exact) mass is 163 g/mol. The van der Waals surface area contributed by atoms with Crippen molar-refractivity contribution in [3.05, 3.63) is 42.1 Å². The highest BCUT2D eigenvalue weighted by Gasteiger charge is 1.93. The van der Waals surface area contributed by atoms with E-state index in [-0.39, 0.29) is 0 Å². The molecule has 0 aliphatic heterocycles. The molecule has 0 fully saturated rings. The van der Waals surface area contributed by atoms with Gasteiger partial charge in [-0.2, -0.15) is 0 Å². The zero-order valence-corrected chi connectivity index (χ0v) is 7.38. The van der Waals surface area contributed by atoms with Crippen LogP contribution < -0.4 is 11.1 Å². The largest absolute Gasteiger partial charge is 0.311 e.